The van der Waals surface area contributed by atoms with Crippen molar-refractivity contribution >= 4 is 27.5 Å². The summed E-state index contributed by atoms with van der Waals surface area (Å²) < 4.78 is 26.3. The zero-order chi connectivity index (χ0) is 26.2. The van der Waals surface area contributed by atoms with Gasteiger partial charge in [-0.15, -0.1) is 0 Å². The number of nitrogens with one attached hydrogen (secondary N) is 1. The Labute approximate surface area is 210 Å². The van der Waals surface area contributed by atoms with E-state index in [2.05, 4.69) is 5.32 Å². The second kappa shape index (κ2) is 12.2. The van der Waals surface area contributed by atoms with Gasteiger partial charge in [0, 0.05) is 25.0 Å². The minimum atomic E-state index is -3.52. The van der Waals surface area contributed by atoms with Gasteiger partial charge >= 0.3 is 0 Å². The summed E-state index contributed by atoms with van der Waals surface area (Å²) in [6.45, 7) is 9.97. The molecule has 7 nitrogen and oxygen atoms in total. The van der Waals surface area contributed by atoms with Crippen molar-refractivity contribution in [3.05, 3.63) is 65.7 Å². The molecule has 2 rings (SSSR count). The van der Waals surface area contributed by atoms with Crippen molar-refractivity contribution in [3.63, 3.8) is 0 Å². The third-order valence-electron chi connectivity index (χ3n) is 5.62. The van der Waals surface area contributed by atoms with E-state index in [1.54, 1.807) is 17.0 Å². The highest BCUT2D eigenvalue weighted by Crippen LogP contribution is 2.23. The van der Waals surface area contributed by atoms with E-state index in [1.807, 2.05) is 77.1 Å². The molecule has 0 aliphatic carbocycles. The summed E-state index contributed by atoms with van der Waals surface area (Å²) in [7, 11) is -3.52. The van der Waals surface area contributed by atoms with Gasteiger partial charge in [0.1, 0.15) is 6.04 Å². The Morgan fingerprint density at radius 3 is 2.14 bits per heavy atom. The van der Waals surface area contributed by atoms with Gasteiger partial charge in [0.2, 0.25) is 21.8 Å². The number of aryl methyl sites for hydroxylation is 1. The Morgan fingerprint density at radius 1 is 1.00 bits per heavy atom. The number of benzene rings is 2. The largest absolute Gasteiger partial charge is 0.350 e. The minimum absolute atomic E-state index is 0.129. The molecule has 192 valence electrons. The number of hydrogen-bond acceptors (Lipinski definition) is 4. The number of rotatable bonds is 11. The van der Waals surface area contributed by atoms with Crippen molar-refractivity contribution < 1.29 is 18.0 Å². The normalized spacial score (nSPS) is 12.6. The van der Waals surface area contributed by atoms with Gasteiger partial charge < -0.3 is 10.2 Å². The van der Waals surface area contributed by atoms with Crippen LogP contribution in [-0.2, 0) is 26.2 Å². The fraction of sp³-hybridized carbons (Fsp3) is 0.481. The Hall–Kier alpha value is -2.87. The highest BCUT2D eigenvalue weighted by Gasteiger charge is 2.30. The molecule has 0 unspecified atom stereocenters. The zero-order valence-electron chi connectivity index (χ0n) is 21.7. The molecule has 0 bridgehead atoms. The van der Waals surface area contributed by atoms with Crippen LogP contribution in [0, 0.1) is 6.92 Å². The Kier molecular flexibility index (Phi) is 9.89. The van der Waals surface area contributed by atoms with Gasteiger partial charge in [0.25, 0.3) is 0 Å². The van der Waals surface area contributed by atoms with Gasteiger partial charge in [0.15, 0.2) is 0 Å². The van der Waals surface area contributed by atoms with E-state index in [0.29, 0.717) is 25.1 Å². The fourth-order valence-electron chi connectivity index (χ4n) is 3.98. The predicted octanol–water partition coefficient (Wildman–Crippen LogP) is 4.26. The smallest absolute Gasteiger partial charge is 0.243 e. The molecule has 0 radical (unpaired) electrons. The first-order valence-corrected chi connectivity index (χ1v) is 13.9. The van der Waals surface area contributed by atoms with Gasteiger partial charge in [-0.25, -0.2) is 8.42 Å². The maximum atomic E-state index is 13.4. The number of hydrogen-bond donors (Lipinski definition) is 1. The van der Waals surface area contributed by atoms with Crippen LogP contribution in [0.2, 0.25) is 0 Å². The molecule has 1 atom stereocenters. The van der Waals surface area contributed by atoms with E-state index in [9.17, 15) is 18.0 Å². The van der Waals surface area contributed by atoms with Crippen LogP contribution in [0.3, 0.4) is 0 Å². The second-order valence-electron chi connectivity index (χ2n) is 9.90. The van der Waals surface area contributed by atoms with Crippen LogP contribution in [0.5, 0.6) is 0 Å². The van der Waals surface area contributed by atoms with Crippen LogP contribution in [0.25, 0.3) is 0 Å². The molecule has 2 aromatic carbocycles. The lowest BCUT2D eigenvalue weighted by Crippen LogP contribution is -2.53. The summed E-state index contributed by atoms with van der Waals surface area (Å²) in [6, 6.07) is 16.2. The van der Waals surface area contributed by atoms with Gasteiger partial charge in [-0.3, -0.25) is 13.9 Å². The summed E-state index contributed by atoms with van der Waals surface area (Å²) in [5, 5.41) is 2.99. The molecule has 0 heterocycles. The number of nitrogens with zero attached hydrogens (tertiary/aromatic N) is 2. The summed E-state index contributed by atoms with van der Waals surface area (Å²) >= 11 is 0. The molecular formula is C27H39N3O4S. The molecule has 0 aromatic heterocycles. The molecule has 0 saturated carbocycles. The van der Waals surface area contributed by atoms with Gasteiger partial charge in [-0.05, 0) is 57.7 Å². The fourth-order valence-corrected chi connectivity index (χ4v) is 5.00. The predicted molar refractivity (Wildman–Crippen MR) is 142 cm³/mol. The average molecular weight is 502 g/mol. The third kappa shape index (κ3) is 8.69. The lowest BCUT2D eigenvalue weighted by Gasteiger charge is -2.33. The first kappa shape index (κ1) is 28.4. The van der Waals surface area contributed by atoms with Crippen LogP contribution >= 0.6 is 0 Å². The van der Waals surface area contributed by atoms with Crippen molar-refractivity contribution in [3.8, 4) is 0 Å². The van der Waals surface area contributed by atoms with E-state index in [-0.39, 0.29) is 24.8 Å². The van der Waals surface area contributed by atoms with Gasteiger partial charge in [-0.1, -0.05) is 55.5 Å². The molecule has 2 amide bonds. The zero-order valence-corrected chi connectivity index (χ0v) is 22.6. The van der Waals surface area contributed by atoms with Crippen LogP contribution in [0.15, 0.2) is 54.6 Å². The number of para-hydroxylation sites is 1. The monoisotopic (exact) mass is 501 g/mol. The quantitative estimate of drug-likeness (QED) is 0.498. The van der Waals surface area contributed by atoms with E-state index in [4.69, 9.17) is 0 Å². The van der Waals surface area contributed by atoms with E-state index in [0.717, 1.165) is 11.1 Å². The minimum Gasteiger partial charge on any atom is -0.350 e. The molecule has 0 fully saturated rings. The molecule has 2 aromatic rings. The summed E-state index contributed by atoms with van der Waals surface area (Å²) in [6.07, 6.45) is 2.11. The Bertz CT molecular complexity index is 1090. The number of anilines is 1. The van der Waals surface area contributed by atoms with E-state index < -0.39 is 21.6 Å². The van der Waals surface area contributed by atoms with Crippen LogP contribution in [0.4, 0.5) is 5.69 Å². The summed E-state index contributed by atoms with van der Waals surface area (Å²) in [5.41, 5.74) is 1.97. The highest BCUT2D eigenvalue weighted by atomic mass is 32.2. The van der Waals surface area contributed by atoms with Crippen molar-refractivity contribution in [2.75, 3.05) is 17.1 Å². The highest BCUT2D eigenvalue weighted by molar-refractivity contribution is 7.92. The molecule has 8 heteroatoms. The number of sulfonamides is 1. The third-order valence-corrected chi connectivity index (χ3v) is 6.80. The maximum absolute atomic E-state index is 13.4. The van der Waals surface area contributed by atoms with Gasteiger partial charge in [0.05, 0.1) is 11.9 Å². The second-order valence-corrected chi connectivity index (χ2v) is 11.8. The summed E-state index contributed by atoms with van der Waals surface area (Å²) in [4.78, 5) is 28.1. The van der Waals surface area contributed by atoms with Crippen LogP contribution in [0.1, 0.15) is 58.1 Å². The van der Waals surface area contributed by atoms with Crippen LogP contribution in [-0.4, -0.2) is 49.5 Å². The lowest BCUT2D eigenvalue weighted by molar-refractivity contribution is -0.142. The first-order valence-electron chi connectivity index (χ1n) is 12.0. The number of carbonyl (C=O) groups excluding carboxylic acids is 2. The molecule has 0 spiro atoms. The molecule has 0 saturated heterocycles. The SMILES string of the molecule is CC[C@@H](C(=O)NC(C)(C)C)N(Cc1ccccc1)C(=O)CCCN(c1ccccc1C)S(C)(=O)=O. The Balaban J connectivity index is 2.22. The molecule has 0 aliphatic heterocycles. The van der Waals surface area contributed by atoms with E-state index >= 15 is 0 Å². The van der Waals surface area contributed by atoms with Crippen molar-refractivity contribution in [2.45, 2.75) is 72.0 Å². The molecule has 1 N–H and O–H groups in total. The average Bonchev–Trinajstić information content (AvgIpc) is 2.76. The lowest BCUT2D eigenvalue weighted by atomic mass is 10.0. The van der Waals surface area contributed by atoms with Crippen molar-refractivity contribution in [2.24, 2.45) is 0 Å². The van der Waals surface area contributed by atoms with Crippen LogP contribution < -0.4 is 9.62 Å². The molecule has 0 aliphatic rings. The number of carbonyl (C=O) groups is 2. The molecule has 35 heavy (non-hydrogen) atoms. The van der Waals surface area contributed by atoms with Gasteiger partial charge in [-0.2, -0.15) is 0 Å². The molecular weight excluding hydrogens is 462 g/mol. The topological polar surface area (TPSA) is 86.8 Å². The maximum Gasteiger partial charge on any atom is 0.243 e. The van der Waals surface area contributed by atoms with Crippen molar-refractivity contribution in [1.29, 1.82) is 0 Å². The first-order chi connectivity index (χ1) is 16.3. The summed E-state index contributed by atoms with van der Waals surface area (Å²) in [5.74, 6) is -0.370. The van der Waals surface area contributed by atoms with E-state index in [1.165, 1.54) is 10.6 Å². The van der Waals surface area contributed by atoms with Crippen molar-refractivity contribution in [1.82, 2.24) is 10.2 Å². The Morgan fingerprint density at radius 2 is 1.60 bits per heavy atom. The number of amides is 2. The standard InChI is InChI=1S/C27H39N3O4S/c1-7-23(26(32)28-27(3,4)5)29(20-22-15-9-8-10-16-22)25(31)18-13-19-30(35(6,33)34)24-17-12-11-14-21(24)2/h8-12,14-17,23H,7,13,18-20H2,1-6H3,(H,28,32)/t23-/m0/s1.